The van der Waals surface area contributed by atoms with Crippen molar-refractivity contribution < 1.29 is 4.74 Å². The fourth-order valence-corrected chi connectivity index (χ4v) is 2.47. The van der Waals surface area contributed by atoms with E-state index in [-0.39, 0.29) is 24.0 Å². The number of likely N-dealkylation sites (tertiary alicyclic amines) is 1. The number of nitrogens with one attached hydrogen (secondary N) is 2. The van der Waals surface area contributed by atoms with E-state index in [1.54, 1.807) is 7.11 Å². The van der Waals surface area contributed by atoms with Crippen LogP contribution in [0, 0.1) is 5.92 Å². The standard InChI is InChI=1S/C14H30N4O.HI/c1-12(2)18-8-5-6-13(11-18)10-17-14(15-3)16-7-9-19-4;/h12-13H,5-11H2,1-4H3,(H2,15,16,17);1H. The van der Waals surface area contributed by atoms with E-state index in [0.717, 1.165) is 25.0 Å². The number of nitrogens with zero attached hydrogens (tertiary/aromatic N) is 2. The Bertz CT molecular complexity index is 274. The number of methoxy groups -OCH3 is 1. The summed E-state index contributed by atoms with van der Waals surface area (Å²) in [5.74, 6) is 1.59. The Morgan fingerprint density at radius 1 is 1.40 bits per heavy atom. The van der Waals surface area contributed by atoms with E-state index in [1.165, 1.54) is 25.9 Å². The molecule has 20 heavy (non-hydrogen) atoms. The Hall–Kier alpha value is -0.0800. The van der Waals surface area contributed by atoms with Gasteiger partial charge in [-0.1, -0.05) is 0 Å². The molecule has 1 aliphatic rings. The lowest BCUT2D eigenvalue weighted by Gasteiger charge is -2.35. The lowest BCUT2D eigenvalue weighted by atomic mass is 9.97. The number of hydrogen-bond acceptors (Lipinski definition) is 3. The normalized spacial score (nSPS) is 20.6. The molecule has 6 heteroatoms. The van der Waals surface area contributed by atoms with Gasteiger partial charge >= 0.3 is 0 Å². The fourth-order valence-electron chi connectivity index (χ4n) is 2.47. The number of halogens is 1. The Balaban J connectivity index is 0.00000361. The van der Waals surface area contributed by atoms with Gasteiger partial charge in [-0.25, -0.2) is 0 Å². The van der Waals surface area contributed by atoms with Crippen molar-refractivity contribution in [1.29, 1.82) is 0 Å². The highest BCUT2D eigenvalue weighted by Crippen LogP contribution is 2.17. The summed E-state index contributed by atoms with van der Waals surface area (Å²) in [5.41, 5.74) is 0. The van der Waals surface area contributed by atoms with Crippen molar-refractivity contribution in [3.8, 4) is 0 Å². The van der Waals surface area contributed by atoms with Crippen molar-refractivity contribution in [1.82, 2.24) is 15.5 Å². The van der Waals surface area contributed by atoms with E-state index in [0.29, 0.717) is 12.6 Å². The summed E-state index contributed by atoms with van der Waals surface area (Å²) < 4.78 is 5.02. The fraction of sp³-hybridized carbons (Fsp3) is 0.929. The SMILES string of the molecule is CN=C(NCCOC)NCC1CCCN(C(C)C)C1.I. The smallest absolute Gasteiger partial charge is 0.191 e. The Morgan fingerprint density at radius 3 is 2.75 bits per heavy atom. The molecular formula is C14H31IN4O. The van der Waals surface area contributed by atoms with Crippen LogP contribution in [0.25, 0.3) is 0 Å². The minimum atomic E-state index is 0. The average Bonchev–Trinajstić information content (AvgIpc) is 2.43. The van der Waals surface area contributed by atoms with Gasteiger partial charge in [-0.05, 0) is 39.2 Å². The summed E-state index contributed by atoms with van der Waals surface area (Å²) in [6.45, 7) is 9.48. The molecule has 5 nitrogen and oxygen atoms in total. The first-order valence-electron chi connectivity index (χ1n) is 7.34. The van der Waals surface area contributed by atoms with Crippen LogP contribution in [0.4, 0.5) is 0 Å². The van der Waals surface area contributed by atoms with E-state index < -0.39 is 0 Å². The maximum Gasteiger partial charge on any atom is 0.191 e. The highest BCUT2D eigenvalue weighted by molar-refractivity contribution is 14.0. The topological polar surface area (TPSA) is 48.9 Å². The molecule has 0 aromatic carbocycles. The number of rotatable bonds is 6. The van der Waals surface area contributed by atoms with Gasteiger partial charge in [-0.2, -0.15) is 0 Å². The molecule has 1 saturated heterocycles. The predicted octanol–water partition coefficient (Wildman–Crippen LogP) is 1.54. The average molecular weight is 398 g/mol. The zero-order chi connectivity index (χ0) is 14.1. The van der Waals surface area contributed by atoms with Gasteiger partial charge in [0.2, 0.25) is 0 Å². The lowest BCUT2D eigenvalue weighted by molar-refractivity contribution is 0.141. The monoisotopic (exact) mass is 398 g/mol. The van der Waals surface area contributed by atoms with Crippen molar-refractivity contribution in [2.45, 2.75) is 32.7 Å². The third kappa shape index (κ3) is 7.64. The Kier molecular flexibility index (Phi) is 11.5. The Labute approximate surface area is 140 Å². The molecule has 0 amide bonds. The molecule has 0 aromatic rings. The maximum atomic E-state index is 5.02. The quantitative estimate of drug-likeness (QED) is 0.309. The predicted molar refractivity (Wildman–Crippen MR) is 96.1 cm³/mol. The summed E-state index contributed by atoms with van der Waals surface area (Å²) in [7, 11) is 3.52. The molecule has 0 spiro atoms. The zero-order valence-electron chi connectivity index (χ0n) is 13.3. The van der Waals surface area contributed by atoms with Crippen LogP contribution in [0.5, 0.6) is 0 Å². The third-order valence-electron chi connectivity index (χ3n) is 3.66. The van der Waals surface area contributed by atoms with Gasteiger partial charge in [-0.3, -0.25) is 4.99 Å². The van der Waals surface area contributed by atoms with E-state index in [1.807, 2.05) is 7.05 Å². The van der Waals surface area contributed by atoms with Gasteiger partial charge in [0.1, 0.15) is 0 Å². The molecule has 1 fully saturated rings. The van der Waals surface area contributed by atoms with Gasteiger partial charge in [0.05, 0.1) is 6.61 Å². The Morgan fingerprint density at radius 2 is 2.15 bits per heavy atom. The van der Waals surface area contributed by atoms with E-state index in [9.17, 15) is 0 Å². The van der Waals surface area contributed by atoms with Gasteiger partial charge in [0.25, 0.3) is 0 Å². The summed E-state index contributed by atoms with van der Waals surface area (Å²) in [5, 5.41) is 6.66. The van der Waals surface area contributed by atoms with Crippen LogP contribution in [0.15, 0.2) is 4.99 Å². The molecule has 1 atom stereocenters. The van der Waals surface area contributed by atoms with Gasteiger partial charge in [-0.15, -0.1) is 24.0 Å². The van der Waals surface area contributed by atoms with Crippen LogP contribution in [0.3, 0.4) is 0 Å². The van der Waals surface area contributed by atoms with Crippen LogP contribution in [-0.4, -0.2) is 63.8 Å². The molecule has 0 saturated carbocycles. The number of piperidine rings is 1. The molecule has 1 rings (SSSR count). The molecular weight excluding hydrogens is 367 g/mol. The minimum absolute atomic E-state index is 0. The van der Waals surface area contributed by atoms with Crippen molar-refractivity contribution in [3.05, 3.63) is 0 Å². The highest BCUT2D eigenvalue weighted by Gasteiger charge is 2.21. The molecule has 2 N–H and O–H groups in total. The summed E-state index contributed by atoms with van der Waals surface area (Å²) in [6.07, 6.45) is 2.62. The third-order valence-corrected chi connectivity index (χ3v) is 3.66. The van der Waals surface area contributed by atoms with Crippen molar-refractivity contribution in [2.75, 3.05) is 46.9 Å². The second kappa shape index (κ2) is 11.6. The number of aliphatic imine (C=N–C) groups is 1. The lowest BCUT2D eigenvalue weighted by Crippen LogP contribution is -2.46. The highest BCUT2D eigenvalue weighted by atomic mass is 127. The number of hydrogen-bond donors (Lipinski definition) is 2. The summed E-state index contributed by atoms with van der Waals surface area (Å²) in [4.78, 5) is 6.79. The van der Waals surface area contributed by atoms with Crippen LogP contribution in [0.2, 0.25) is 0 Å². The van der Waals surface area contributed by atoms with Crippen molar-refractivity contribution >= 4 is 29.9 Å². The number of ether oxygens (including phenoxy) is 1. The van der Waals surface area contributed by atoms with Crippen LogP contribution in [-0.2, 0) is 4.74 Å². The first-order valence-corrected chi connectivity index (χ1v) is 7.34. The molecule has 0 radical (unpaired) electrons. The molecule has 0 aromatic heterocycles. The van der Waals surface area contributed by atoms with Gasteiger partial charge in [0.15, 0.2) is 5.96 Å². The van der Waals surface area contributed by atoms with Crippen molar-refractivity contribution in [3.63, 3.8) is 0 Å². The van der Waals surface area contributed by atoms with Crippen molar-refractivity contribution in [2.24, 2.45) is 10.9 Å². The summed E-state index contributed by atoms with van der Waals surface area (Å²) in [6, 6.07) is 0.655. The first kappa shape index (κ1) is 19.9. The number of guanidine groups is 1. The van der Waals surface area contributed by atoms with Crippen LogP contribution < -0.4 is 10.6 Å². The van der Waals surface area contributed by atoms with Gasteiger partial charge in [0, 0.05) is 39.8 Å². The van der Waals surface area contributed by atoms with E-state index in [2.05, 4.69) is 34.4 Å². The van der Waals surface area contributed by atoms with E-state index >= 15 is 0 Å². The molecule has 1 heterocycles. The molecule has 1 unspecified atom stereocenters. The van der Waals surface area contributed by atoms with Gasteiger partial charge < -0.3 is 20.3 Å². The molecule has 1 aliphatic heterocycles. The zero-order valence-corrected chi connectivity index (χ0v) is 15.6. The van der Waals surface area contributed by atoms with Crippen LogP contribution in [0.1, 0.15) is 26.7 Å². The second-order valence-corrected chi connectivity index (χ2v) is 5.47. The van der Waals surface area contributed by atoms with E-state index in [4.69, 9.17) is 4.74 Å². The first-order chi connectivity index (χ1) is 9.17. The molecule has 120 valence electrons. The maximum absolute atomic E-state index is 5.02. The molecule has 0 aliphatic carbocycles. The largest absolute Gasteiger partial charge is 0.383 e. The summed E-state index contributed by atoms with van der Waals surface area (Å²) >= 11 is 0. The molecule has 0 bridgehead atoms. The minimum Gasteiger partial charge on any atom is -0.383 e. The second-order valence-electron chi connectivity index (χ2n) is 5.47. The van der Waals surface area contributed by atoms with Crippen LogP contribution >= 0.6 is 24.0 Å².